The van der Waals surface area contributed by atoms with Crippen molar-refractivity contribution in [2.24, 2.45) is 0 Å². The zero-order chi connectivity index (χ0) is 28.0. The van der Waals surface area contributed by atoms with Gasteiger partial charge in [0.15, 0.2) is 17.7 Å². The summed E-state index contributed by atoms with van der Waals surface area (Å²) < 4.78 is 48.7. The van der Waals surface area contributed by atoms with Crippen molar-refractivity contribution in [2.45, 2.75) is 25.9 Å². The second-order valence-corrected chi connectivity index (χ2v) is 8.42. The van der Waals surface area contributed by atoms with Gasteiger partial charge in [0, 0.05) is 25.6 Å². The molecule has 3 aromatic carbocycles. The lowest BCUT2D eigenvalue weighted by Gasteiger charge is -2.22. The number of para-hydroxylation sites is 1. The summed E-state index contributed by atoms with van der Waals surface area (Å²) in [6, 6.07) is 19.0. The maximum Gasteiger partial charge on any atom is 0.415 e. The van der Waals surface area contributed by atoms with Crippen LogP contribution in [0.4, 0.5) is 13.6 Å². The molecular formula is C29H31F2NO7. The van der Waals surface area contributed by atoms with Gasteiger partial charge in [-0.3, -0.25) is 0 Å². The number of benzene rings is 3. The Morgan fingerprint density at radius 3 is 2.18 bits per heavy atom. The standard InChI is InChI=1S/C29H31F2NO7/c1-2-36-27(28(33)34)19-21-9-11-23(12-10-21)38-18-16-32(15-6-17-37-22-7-4-3-5-8-22)29(35)39-24-13-14-25(30)26(31)20-24/h3-5,7-14,20,27H,2,6,15-19H2,1H3,(H,33,34). The van der Waals surface area contributed by atoms with Gasteiger partial charge >= 0.3 is 12.1 Å². The van der Waals surface area contributed by atoms with Gasteiger partial charge in [0.1, 0.15) is 23.9 Å². The Morgan fingerprint density at radius 2 is 1.51 bits per heavy atom. The summed E-state index contributed by atoms with van der Waals surface area (Å²) in [5, 5.41) is 9.25. The van der Waals surface area contributed by atoms with Crippen LogP contribution in [0.5, 0.6) is 17.2 Å². The molecule has 3 rings (SSSR count). The Labute approximate surface area is 225 Å². The third kappa shape index (κ3) is 9.90. The minimum absolute atomic E-state index is 0.118. The minimum Gasteiger partial charge on any atom is -0.494 e. The topological polar surface area (TPSA) is 94.5 Å². The lowest BCUT2D eigenvalue weighted by atomic mass is 10.1. The van der Waals surface area contributed by atoms with E-state index in [-0.39, 0.29) is 31.9 Å². The Morgan fingerprint density at radius 1 is 0.846 bits per heavy atom. The number of hydrogen-bond acceptors (Lipinski definition) is 6. The van der Waals surface area contributed by atoms with E-state index in [1.807, 2.05) is 30.3 Å². The van der Waals surface area contributed by atoms with Crippen molar-refractivity contribution in [2.75, 3.05) is 32.9 Å². The molecule has 0 fully saturated rings. The molecule has 1 N–H and O–H groups in total. The third-order valence-corrected chi connectivity index (χ3v) is 5.56. The number of nitrogens with zero attached hydrogens (tertiary/aromatic N) is 1. The van der Waals surface area contributed by atoms with Crippen LogP contribution < -0.4 is 14.2 Å². The molecule has 0 bridgehead atoms. The van der Waals surface area contributed by atoms with Crippen LogP contribution in [0.1, 0.15) is 18.9 Å². The van der Waals surface area contributed by atoms with E-state index in [0.717, 1.165) is 17.7 Å². The minimum atomic E-state index is -1.12. The van der Waals surface area contributed by atoms with Crippen molar-refractivity contribution in [3.05, 3.63) is 90.0 Å². The van der Waals surface area contributed by atoms with E-state index in [0.29, 0.717) is 31.1 Å². The average molecular weight is 544 g/mol. The lowest BCUT2D eigenvalue weighted by Crippen LogP contribution is -2.38. The van der Waals surface area contributed by atoms with E-state index in [9.17, 15) is 23.5 Å². The van der Waals surface area contributed by atoms with Crippen molar-refractivity contribution < 1.29 is 42.4 Å². The molecule has 3 aromatic rings. The van der Waals surface area contributed by atoms with Crippen LogP contribution in [-0.2, 0) is 16.0 Å². The van der Waals surface area contributed by atoms with E-state index in [1.165, 1.54) is 11.0 Å². The molecule has 0 heterocycles. The van der Waals surface area contributed by atoms with Crippen LogP contribution in [0, 0.1) is 11.6 Å². The van der Waals surface area contributed by atoms with Gasteiger partial charge in [-0.2, -0.15) is 0 Å². The van der Waals surface area contributed by atoms with Crippen molar-refractivity contribution in [3.63, 3.8) is 0 Å². The molecule has 39 heavy (non-hydrogen) atoms. The van der Waals surface area contributed by atoms with E-state index in [4.69, 9.17) is 18.9 Å². The van der Waals surface area contributed by atoms with Gasteiger partial charge in [-0.25, -0.2) is 18.4 Å². The quantitative estimate of drug-likeness (QED) is 0.259. The smallest absolute Gasteiger partial charge is 0.415 e. The van der Waals surface area contributed by atoms with Gasteiger partial charge in [0.25, 0.3) is 0 Å². The van der Waals surface area contributed by atoms with E-state index in [1.54, 1.807) is 31.2 Å². The zero-order valence-electron chi connectivity index (χ0n) is 21.6. The molecule has 0 saturated carbocycles. The van der Waals surface area contributed by atoms with E-state index in [2.05, 4.69) is 0 Å². The molecule has 0 saturated heterocycles. The maximum absolute atomic E-state index is 13.6. The van der Waals surface area contributed by atoms with Crippen LogP contribution in [0.15, 0.2) is 72.8 Å². The molecule has 0 aromatic heterocycles. The van der Waals surface area contributed by atoms with E-state index < -0.39 is 29.8 Å². The van der Waals surface area contributed by atoms with Gasteiger partial charge in [0.2, 0.25) is 0 Å². The molecule has 10 heteroatoms. The summed E-state index contributed by atoms with van der Waals surface area (Å²) in [5.41, 5.74) is 0.776. The highest BCUT2D eigenvalue weighted by molar-refractivity contribution is 5.72. The highest BCUT2D eigenvalue weighted by atomic mass is 19.2. The molecule has 1 atom stereocenters. The predicted molar refractivity (Wildman–Crippen MR) is 139 cm³/mol. The van der Waals surface area contributed by atoms with Crippen molar-refractivity contribution >= 4 is 12.1 Å². The normalized spacial score (nSPS) is 11.5. The number of carboxylic acids is 1. The molecule has 0 aliphatic rings. The van der Waals surface area contributed by atoms with Crippen LogP contribution in [0.3, 0.4) is 0 Å². The molecule has 0 aliphatic heterocycles. The molecule has 0 aliphatic carbocycles. The SMILES string of the molecule is CCOC(Cc1ccc(OCCN(CCCOc2ccccc2)C(=O)Oc2ccc(F)c(F)c2)cc1)C(=O)O. The summed E-state index contributed by atoms with van der Waals surface area (Å²) in [5.74, 6) is -2.07. The highest BCUT2D eigenvalue weighted by Crippen LogP contribution is 2.18. The van der Waals surface area contributed by atoms with Crippen molar-refractivity contribution in [1.82, 2.24) is 4.90 Å². The second kappa shape index (κ2) is 15.3. The van der Waals surface area contributed by atoms with Crippen LogP contribution in [0.25, 0.3) is 0 Å². The second-order valence-electron chi connectivity index (χ2n) is 8.42. The first-order valence-corrected chi connectivity index (χ1v) is 12.5. The Hall–Kier alpha value is -4.18. The number of amides is 1. The molecule has 1 unspecified atom stereocenters. The number of ether oxygens (including phenoxy) is 4. The van der Waals surface area contributed by atoms with Gasteiger partial charge < -0.3 is 29.0 Å². The molecule has 0 radical (unpaired) electrons. The largest absolute Gasteiger partial charge is 0.494 e. The number of halogens is 2. The fourth-order valence-corrected chi connectivity index (χ4v) is 3.59. The first-order valence-electron chi connectivity index (χ1n) is 12.5. The number of rotatable bonds is 15. The van der Waals surface area contributed by atoms with Crippen LogP contribution >= 0.6 is 0 Å². The average Bonchev–Trinajstić information content (AvgIpc) is 2.93. The maximum atomic E-state index is 13.6. The Bertz CT molecular complexity index is 1190. The third-order valence-electron chi connectivity index (χ3n) is 5.56. The number of hydrogen-bond donors (Lipinski definition) is 1. The summed E-state index contributed by atoms with van der Waals surface area (Å²) in [4.78, 5) is 25.5. The van der Waals surface area contributed by atoms with Crippen molar-refractivity contribution in [3.8, 4) is 17.2 Å². The monoisotopic (exact) mass is 543 g/mol. The van der Waals surface area contributed by atoms with Gasteiger partial charge in [-0.05, 0) is 55.3 Å². The fraction of sp³-hybridized carbons (Fsp3) is 0.310. The summed E-state index contributed by atoms with van der Waals surface area (Å²) in [6.07, 6.45) is -0.962. The molecule has 1 amide bonds. The fourth-order valence-electron chi connectivity index (χ4n) is 3.59. The van der Waals surface area contributed by atoms with Gasteiger partial charge in [0.05, 0.1) is 13.2 Å². The molecular weight excluding hydrogens is 512 g/mol. The molecule has 208 valence electrons. The van der Waals surface area contributed by atoms with Crippen molar-refractivity contribution in [1.29, 1.82) is 0 Å². The lowest BCUT2D eigenvalue weighted by molar-refractivity contribution is -0.149. The van der Waals surface area contributed by atoms with Crippen LogP contribution in [0.2, 0.25) is 0 Å². The van der Waals surface area contributed by atoms with Gasteiger partial charge in [-0.15, -0.1) is 0 Å². The summed E-state index contributed by atoms with van der Waals surface area (Å²) in [7, 11) is 0. The first kappa shape index (κ1) is 29.4. The van der Waals surface area contributed by atoms with Gasteiger partial charge in [-0.1, -0.05) is 30.3 Å². The number of carbonyl (C=O) groups excluding carboxylic acids is 1. The van der Waals surface area contributed by atoms with E-state index >= 15 is 0 Å². The molecule has 0 spiro atoms. The zero-order valence-corrected chi connectivity index (χ0v) is 21.6. The highest BCUT2D eigenvalue weighted by Gasteiger charge is 2.19. The summed E-state index contributed by atoms with van der Waals surface area (Å²) in [6.45, 7) is 2.93. The van der Waals surface area contributed by atoms with Crippen LogP contribution in [-0.4, -0.2) is 61.1 Å². The predicted octanol–water partition coefficient (Wildman–Crippen LogP) is 5.35. The Balaban J connectivity index is 1.55. The number of carboxylic acid groups (broad SMARTS) is 1. The summed E-state index contributed by atoms with van der Waals surface area (Å²) >= 11 is 0. The first-order chi connectivity index (χ1) is 18.9. The number of aliphatic carboxylic acids is 1. The number of carbonyl (C=O) groups is 2. The Kier molecular flexibility index (Phi) is 11.5. The molecule has 8 nitrogen and oxygen atoms in total.